The molecule has 6 N–H and O–H groups in total. The van der Waals surface area contributed by atoms with Crippen LogP contribution in [0.1, 0.15) is 47.1 Å². The number of aromatic nitrogens is 3. The predicted molar refractivity (Wildman–Crippen MR) is 153 cm³/mol. The fourth-order valence-electron chi connectivity index (χ4n) is 3.49. The summed E-state index contributed by atoms with van der Waals surface area (Å²) in [6.45, 7) is 10.8. The van der Waals surface area contributed by atoms with Gasteiger partial charge in [0.25, 0.3) is 0 Å². The molecule has 0 saturated carbocycles. The molecule has 0 aliphatic heterocycles. The minimum Gasteiger partial charge on any atom is -0.465 e. The molecule has 214 valence electrons. The Hall–Kier alpha value is -4.71. The minimum atomic E-state index is -0.975. The number of carbonyl (C=O) groups is 2. The van der Waals surface area contributed by atoms with E-state index in [0.29, 0.717) is 28.2 Å². The Kier molecular flexibility index (Phi) is 10.5. The summed E-state index contributed by atoms with van der Waals surface area (Å²) >= 11 is 0. The number of nitrogens with zero attached hydrogens (tertiary/aromatic N) is 3. The van der Waals surface area contributed by atoms with Crippen LogP contribution in [0.15, 0.2) is 70.3 Å². The lowest BCUT2D eigenvalue weighted by Crippen LogP contribution is -2.39. The number of amides is 2. The van der Waals surface area contributed by atoms with Crippen LogP contribution < -0.4 is 21.8 Å². The van der Waals surface area contributed by atoms with Crippen molar-refractivity contribution in [2.24, 2.45) is 5.73 Å². The molecule has 0 radical (unpaired) electrons. The van der Waals surface area contributed by atoms with Gasteiger partial charge in [0.1, 0.15) is 17.6 Å². The van der Waals surface area contributed by atoms with E-state index >= 15 is 0 Å². The van der Waals surface area contributed by atoms with Gasteiger partial charge in [-0.2, -0.15) is 0 Å². The Morgan fingerprint density at radius 1 is 0.900 bits per heavy atom. The third-order valence-corrected chi connectivity index (χ3v) is 4.84. The first kappa shape index (κ1) is 31.5. The molecule has 4 rings (SSSR count). The van der Waals surface area contributed by atoms with Gasteiger partial charge in [0.2, 0.25) is 5.89 Å². The van der Waals surface area contributed by atoms with Gasteiger partial charge in [-0.25, -0.2) is 19.6 Å². The van der Waals surface area contributed by atoms with Gasteiger partial charge in [0.05, 0.1) is 11.6 Å². The number of hydrogen-bond acceptors (Lipinski definition) is 7. The zero-order valence-electron chi connectivity index (χ0n) is 23.4. The van der Waals surface area contributed by atoms with E-state index in [1.165, 1.54) is 12.5 Å². The van der Waals surface area contributed by atoms with Crippen molar-refractivity contribution < 1.29 is 24.2 Å². The molecule has 3 heterocycles. The first-order valence-electron chi connectivity index (χ1n) is 12.3. The number of hydrogen-bond donors (Lipinski definition) is 5. The Morgan fingerprint density at radius 2 is 1.48 bits per heavy atom. The quantitative estimate of drug-likeness (QED) is 0.242. The van der Waals surface area contributed by atoms with Crippen molar-refractivity contribution in [1.29, 1.82) is 0 Å². The molecular weight excluding hydrogens is 516 g/mol. The molecule has 0 atom stereocenters. The van der Waals surface area contributed by atoms with Crippen molar-refractivity contribution in [3.05, 3.63) is 76.9 Å². The molecule has 0 unspecified atom stereocenters. The normalized spacial score (nSPS) is 11.0. The number of nitrogens with two attached hydrogens (primary N) is 1. The highest BCUT2D eigenvalue weighted by atomic mass is 16.4. The summed E-state index contributed by atoms with van der Waals surface area (Å²) in [6.07, 6.45) is 2.72. The van der Waals surface area contributed by atoms with E-state index in [1.807, 2.05) is 34.9 Å². The van der Waals surface area contributed by atoms with Crippen LogP contribution in [0.4, 0.5) is 9.59 Å². The number of para-hydroxylation sites is 1. The molecule has 40 heavy (non-hydrogen) atoms. The Bertz CT molecular complexity index is 1440. The molecule has 12 nitrogen and oxygen atoms in total. The van der Waals surface area contributed by atoms with Gasteiger partial charge < -0.3 is 31.0 Å². The third kappa shape index (κ3) is 9.24. The Labute approximate surface area is 231 Å². The maximum absolute atomic E-state index is 12.9. The molecule has 0 spiro atoms. The highest BCUT2D eigenvalue weighted by Crippen LogP contribution is 2.27. The number of carboxylic acid groups (broad SMARTS) is 2. The Balaban J connectivity index is 0.000000290. The van der Waals surface area contributed by atoms with Crippen LogP contribution in [0.5, 0.6) is 0 Å². The molecule has 0 fully saturated rings. The van der Waals surface area contributed by atoms with Crippen LogP contribution in [0.2, 0.25) is 0 Å². The summed E-state index contributed by atoms with van der Waals surface area (Å²) in [7, 11) is 0. The highest BCUT2D eigenvalue weighted by molar-refractivity contribution is 5.82. The highest BCUT2D eigenvalue weighted by Gasteiger charge is 2.22. The lowest BCUT2D eigenvalue weighted by Gasteiger charge is -2.17. The molecule has 4 aromatic rings. The van der Waals surface area contributed by atoms with E-state index in [0.717, 1.165) is 5.69 Å². The lowest BCUT2D eigenvalue weighted by atomic mass is 10.1. The molecule has 3 aromatic heterocycles. The Morgan fingerprint density at radius 3 is 1.90 bits per heavy atom. The SMILES string of the molecule is CC(C)(C)NC(=O)O.CC(C)(C)NC(=O)O.NCc1c(-c2ncco2)n(-c2ccccc2)c2ncccc2c1=O. The number of rotatable bonds is 3. The number of benzene rings is 1. The minimum absolute atomic E-state index is 0.0776. The number of nitrogens with one attached hydrogen (secondary N) is 2. The van der Waals surface area contributed by atoms with Gasteiger partial charge in [0, 0.05) is 35.1 Å². The van der Waals surface area contributed by atoms with Crippen molar-refractivity contribution in [1.82, 2.24) is 25.2 Å². The van der Waals surface area contributed by atoms with Crippen LogP contribution in [0, 0.1) is 0 Å². The van der Waals surface area contributed by atoms with E-state index in [-0.39, 0.29) is 23.1 Å². The summed E-state index contributed by atoms with van der Waals surface area (Å²) in [4.78, 5) is 41.3. The van der Waals surface area contributed by atoms with Gasteiger partial charge in [-0.1, -0.05) is 18.2 Å². The van der Waals surface area contributed by atoms with Crippen molar-refractivity contribution in [2.75, 3.05) is 0 Å². The van der Waals surface area contributed by atoms with Gasteiger partial charge in [-0.15, -0.1) is 0 Å². The molecule has 0 saturated heterocycles. The number of fused-ring (bicyclic) bond motifs is 1. The van der Waals surface area contributed by atoms with Crippen LogP contribution in [0.3, 0.4) is 0 Å². The largest absolute Gasteiger partial charge is 0.465 e. The van der Waals surface area contributed by atoms with Gasteiger partial charge in [0.15, 0.2) is 5.43 Å². The topological polar surface area (TPSA) is 186 Å². The number of pyridine rings is 2. The molecule has 2 amide bonds. The second-order valence-electron chi connectivity index (χ2n) is 10.6. The van der Waals surface area contributed by atoms with Crippen molar-refractivity contribution >= 4 is 23.2 Å². The zero-order chi connectivity index (χ0) is 30.1. The molecule has 12 heteroatoms. The summed E-state index contributed by atoms with van der Waals surface area (Å²) in [6, 6.07) is 13.1. The molecule has 0 aliphatic rings. The average Bonchev–Trinajstić information content (AvgIpc) is 3.37. The molecule has 0 aliphatic carbocycles. The van der Waals surface area contributed by atoms with E-state index in [4.69, 9.17) is 20.4 Å². The number of oxazole rings is 1. The third-order valence-electron chi connectivity index (χ3n) is 4.84. The van der Waals surface area contributed by atoms with Crippen LogP contribution in [-0.2, 0) is 6.54 Å². The van der Waals surface area contributed by atoms with Crippen molar-refractivity contribution in [2.45, 2.75) is 59.2 Å². The fourth-order valence-corrected chi connectivity index (χ4v) is 3.49. The maximum Gasteiger partial charge on any atom is 0.405 e. The van der Waals surface area contributed by atoms with Crippen LogP contribution in [0.25, 0.3) is 28.3 Å². The van der Waals surface area contributed by atoms with E-state index in [2.05, 4.69) is 20.6 Å². The molecular formula is C28H36N6O6. The summed E-state index contributed by atoms with van der Waals surface area (Å²) in [5, 5.41) is 21.4. The first-order valence-corrected chi connectivity index (χ1v) is 12.3. The standard InChI is InChI=1S/C18H14N4O2.2C5H11NO2/c19-11-14-15(18-21-9-10-24-18)22(12-5-2-1-3-6-12)17-13(16(14)23)7-4-8-20-17;2*1-5(2,3)6-4(7)8/h1-10H,11,19H2;2*6H,1-3H3,(H,7,8). The monoisotopic (exact) mass is 552 g/mol. The second-order valence-corrected chi connectivity index (χ2v) is 10.6. The van der Waals surface area contributed by atoms with Crippen LogP contribution in [-0.4, -0.2) is 48.0 Å². The van der Waals surface area contributed by atoms with Gasteiger partial charge in [-0.3, -0.25) is 9.36 Å². The van der Waals surface area contributed by atoms with Gasteiger partial charge >= 0.3 is 12.2 Å². The fraction of sp³-hybridized carbons (Fsp3) is 0.321. The predicted octanol–water partition coefficient (Wildman–Crippen LogP) is 4.60. The summed E-state index contributed by atoms with van der Waals surface area (Å²) in [5.74, 6) is 0.337. The summed E-state index contributed by atoms with van der Waals surface area (Å²) in [5.41, 5.74) is 7.46. The zero-order valence-corrected chi connectivity index (χ0v) is 23.4. The molecule has 0 bridgehead atoms. The van der Waals surface area contributed by atoms with Gasteiger partial charge in [-0.05, 0) is 65.8 Å². The first-order chi connectivity index (χ1) is 18.6. The average molecular weight is 553 g/mol. The van der Waals surface area contributed by atoms with E-state index in [9.17, 15) is 14.4 Å². The van der Waals surface area contributed by atoms with Crippen molar-refractivity contribution in [3.8, 4) is 17.3 Å². The molecule has 1 aromatic carbocycles. The lowest BCUT2D eigenvalue weighted by molar-refractivity contribution is 0.183. The summed E-state index contributed by atoms with van der Waals surface area (Å²) < 4.78 is 7.34. The van der Waals surface area contributed by atoms with E-state index < -0.39 is 12.2 Å². The maximum atomic E-state index is 12.9. The second kappa shape index (κ2) is 13.4. The van der Waals surface area contributed by atoms with E-state index in [1.54, 1.807) is 59.9 Å². The smallest absolute Gasteiger partial charge is 0.405 e. The van der Waals surface area contributed by atoms with Crippen molar-refractivity contribution in [3.63, 3.8) is 0 Å². The van der Waals surface area contributed by atoms with Crippen LogP contribution >= 0.6 is 0 Å².